The third kappa shape index (κ3) is 5.63. The van der Waals surface area contributed by atoms with Gasteiger partial charge in [0.05, 0.1) is 6.20 Å². The summed E-state index contributed by atoms with van der Waals surface area (Å²) >= 11 is 0. The molecule has 0 amide bonds. The molecule has 0 saturated carbocycles. The molecule has 1 aromatic heterocycles. The van der Waals surface area contributed by atoms with Gasteiger partial charge < -0.3 is 14.8 Å². The van der Waals surface area contributed by atoms with Gasteiger partial charge in [0.15, 0.2) is 5.78 Å². The van der Waals surface area contributed by atoms with Crippen LogP contribution >= 0.6 is 0 Å². The minimum atomic E-state index is -0.0189. The molecule has 0 spiro atoms. The van der Waals surface area contributed by atoms with Crippen LogP contribution in [0.25, 0.3) is 0 Å². The van der Waals surface area contributed by atoms with Gasteiger partial charge >= 0.3 is 0 Å². The number of aromatic nitrogens is 1. The summed E-state index contributed by atoms with van der Waals surface area (Å²) in [5, 5.41) is 3.20. The molecule has 1 N–H and O–H groups in total. The topological polar surface area (TPSA) is 60.5 Å². The number of nitrogens with one attached hydrogen (secondary N) is 1. The second-order valence-electron chi connectivity index (χ2n) is 4.06. The molecule has 0 unspecified atom stereocenters. The van der Waals surface area contributed by atoms with Crippen LogP contribution in [-0.4, -0.2) is 36.6 Å². The predicted molar refractivity (Wildman–Crippen MR) is 71.2 cm³/mol. The first-order valence-electron chi connectivity index (χ1n) is 6.07. The highest BCUT2D eigenvalue weighted by molar-refractivity contribution is 5.77. The SMILES string of the molecule is CCNC[C@H](C)Oc1ccc(OCC(C)=O)cn1.[HH]. The fraction of sp³-hybridized carbons (Fsp3) is 0.538. The van der Waals surface area contributed by atoms with E-state index >= 15 is 0 Å². The van der Waals surface area contributed by atoms with Crippen molar-refractivity contribution >= 4 is 5.78 Å². The highest BCUT2D eigenvalue weighted by Crippen LogP contribution is 2.14. The smallest absolute Gasteiger partial charge is 0.213 e. The van der Waals surface area contributed by atoms with Gasteiger partial charge in [0, 0.05) is 14.0 Å². The molecule has 0 saturated heterocycles. The summed E-state index contributed by atoms with van der Waals surface area (Å²) in [4.78, 5) is 14.9. The molecule has 0 bridgehead atoms. The summed E-state index contributed by atoms with van der Waals surface area (Å²) in [6.45, 7) is 7.27. The van der Waals surface area contributed by atoms with Crippen molar-refractivity contribution in [2.45, 2.75) is 26.9 Å². The Morgan fingerprint density at radius 3 is 2.89 bits per heavy atom. The lowest BCUT2D eigenvalue weighted by Gasteiger charge is -2.14. The van der Waals surface area contributed by atoms with Crippen LogP contribution in [0.5, 0.6) is 11.6 Å². The second-order valence-corrected chi connectivity index (χ2v) is 4.06. The maximum atomic E-state index is 10.8. The van der Waals surface area contributed by atoms with Gasteiger partial charge in [-0.1, -0.05) is 6.92 Å². The zero-order chi connectivity index (χ0) is 13.4. The van der Waals surface area contributed by atoms with Gasteiger partial charge in [-0.2, -0.15) is 0 Å². The van der Waals surface area contributed by atoms with Crippen molar-refractivity contribution in [2.75, 3.05) is 19.7 Å². The van der Waals surface area contributed by atoms with E-state index < -0.39 is 0 Å². The first kappa shape index (κ1) is 14.4. The molecule has 0 aliphatic carbocycles. The molecule has 1 heterocycles. The minimum absolute atomic E-state index is 0. The summed E-state index contributed by atoms with van der Waals surface area (Å²) in [5.74, 6) is 1.10. The van der Waals surface area contributed by atoms with E-state index in [0.717, 1.165) is 13.1 Å². The molecule has 1 rings (SSSR count). The standard InChI is InChI=1S/C13H20N2O3.H2/c1-4-14-7-11(3)18-13-6-5-12(8-15-13)17-9-10(2)16;/h5-6,8,11,14H,4,7,9H2,1-3H3;1H/t11-;/m0./s1. The van der Waals surface area contributed by atoms with E-state index in [1.165, 1.54) is 6.92 Å². The van der Waals surface area contributed by atoms with Crippen molar-refractivity contribution in [3.8, 4) is 11.6 Å². The molecule has 5 nitrogen and oxygen atoms in total. The fourth-order valence-corrected chi connectivity index (χ4v) is 1.30. The van der Waals surface area contributed by atoms with Crippen molar-refractivity contribution in [1.82, 2.24) is 10.3 Å². The van der Waals surface area contributed by atoms with Gasteiger partial charge in [-0.25, -0.2) is 4.98 Å². The van der Waals surface area contributed by atoms with Crippen molar-refractivity contribution < 1.29 is 15.7 Å². The summed E-state index contributed by atoms with van der Waals surface area (Å²) in [5.41, 5.74) is 0. The number of rotatable bonds is 8. The monoisotopic (exact) mass is 254 g/mol. The summed E-state index contributed by atoms with van der Waals surface area (Å²) in [6, 6.07) is 3.48. The fourth-order valence-electron chi connectivity index (χ4n) is 1.30. The summed E-state index contributed by atoms with van der Waals surface area (Å²) in [7, 11) is 0. The number of nitrogens with zero attached hydrogens (tertiary/aromatic N) is 1. The Morgan fingerprint density at radius 1 is 1.56 bits per heavy atom. The molecule has 102 valence electrons. The maximum Gasteiger partial charge on any atom is 0.213 e. The number of Topliss-reactive ketones (excluding diaryl/α,β-unsaturated/α-hetero) is 1. The molecule has 0 aromatic carbocycles. The molecule has 5 heteroatoms. The molecule has 18 heavy (non-hydrogen) atoms. The van der Waals surface area contributed by atoms with Crippen LogP contribution in [-0.2, 0) is 4.79 Å². The van der Waals surface area contributed by atoms with Crippen molar-refractivity contribution in [3.63, 3.8) is 0 Å². The Hall–Kier alpha value is -1.62. The minimum Gasteiger partial charge on any atom is -0.484 e. The van der Waals surface area contributed by atoms with E-state index in [4.69, 9.17) is 9.47 Å². The molecular weight excluding hydrogens is 232 g/mol. The van der Waals surface area contributed by atoms with Crippen molar-refractivity contribution in [3.05, 3.63) is 18.3 Å². The first-order chi connectivity index (χ1) is 8.61. The molecule has 0 aliphatic heterocycles. The van der Waals surface area contributed by atoms with E-state index in [9.17, 15) is 4.79 Å². The molecule has 0 fully saturated rings. The number of carbonyl (C=O) groups excluding carboxylic acids is 1. The van der Waals surface area contributed by atoms with Crippen LogP contribution < -0.4 is 14.8 Å². The molecule has 0 aliphatic rings. The van der Waals surface area contributed by atoms with E-state index in [0.29, 0.717) is 11.6 Å². The average Bonchev–Trinajstić information content (AvgIpc) is 2.35. The number of ether oxygens (including phenoxy) is 2. The number of ketones is 1. The first-order valence-corrected chi connectivity index (χ1v) is 6.07. The Balaban J connectivity index is 0.00000324. The van der Waals surface area contributed by atoms with Crippen LogP contribution in [0.3, 0.4) is 0 Å². The Labute approximate surface area is 109 Å². The van der Waals surface area contributed by atoms with Crippen LogP contribution in [0.2, 0.25) is 0 Å². The van der Waals surface area contributed by atoms with Crippen LogP contribution in [0.1, 0.15) is 22.2 Å². The maximum absolute atomic E-state index is 10.8. The second kappa shape index (κ2) is 7.66. The lowest BCUT2D eigenvalue weighted by atomic mass is 10.4. The van der Waals surface area contributed by atoms with Gasteiger partial charge in [0.1, 0.15) is 18.5 Å². The number of carbonyl (C=O) groups is 1. The van der Waals surface area contributed by atoms with Crippen LogP contribution in [0.4, 0.5) is 0 Å². The summed E-state index contributed by atoms with van der Waals surface area (Å²) in [6.07, 6.45) is 1.61. The van der Waals surface area contributed by atoms with Gasteiger partial charge in [-0.15, -0.1) is 0 Å². The van der Waals surface area contributed by atoms with Crippen LogP contribution in [0, 0.1) is 0 Å². The largest absolute Gasteiger partial charge is 0.484 e. The highest BCUT2D eigenvalue weighted by Gasteiger charge is 2.04. The van der Waals surface area contributed by atoms with E-state index in [2.05, 4.69) is 10.3 Å². The van der Waals surface area contributed by atoms with Crippen molar-refractivity contribution in [2.24, 2.45) is 0 Å². The Bertz CT molecular complexity index is 371. The quantitative estimate of drug-likeness (QED) is 0.764. The van der Waals surface area contributed by atoms with Gasteiger partial charge in [0.25, 0.3) is 0 Å². The average molecular weight is 254 g/mol. The third-order valence-corrected chi connectivity index (χ3v) is 2.16. The highest BCUT2D eigenvalue weighted by atomic mass is 16.5. The van der Waals surface area contributed by atoms with E-state index in [1.54, 1.807) is 18.3 Å². The zero-order valence-electron chi connectivity index (χ0n) is 11.1. The molecule has 1 aromatic rings. The number of pyridine rings is 1. The van der Waals surface area contributed by atoms with Crippen molar-refractivity contribution in [1.29, 1.82) is 0 Å². The lowest BCUT2D eigenvalue weighted by molar-refractivity contribution is -0.118. The lowest BCUT2D eigenvalue weighted by Crippen LogP contribution is -2.28. The predicted octanol–water partition coefficient (Wildman–Crippen LogP) is 1.67. The number of likely N-dealkylation sites (N-methyl/N-ethyl adjacent to an activating group) is 1. The molecular formula is C13H22N2O3. The Kier molecular flexibility index (Phi) is 6.14. The molecule has 1 atom stereocenters. The normalized spacial score (nSPS) is 11.9. The third-order valence-electron chi connectivity index (χ3n) is 2.16. The zero-order valence-corrected chi connectivity index (χ0v) is 11.1. The summed E-state index contributed by atoms with van der Waals surface area (Å²) < 4.78 is 10.8. The van der Waals surface area contributed by atoms with Gasteiger partial charge in [-0.05, 0) is 26.5 Å². The van der Waals surface area contributed by atoms with Gasteiger partial charge in [-0.3, -0.25) is 4.79 Å². The molecule has 0 radical (unpaired) electrons. The number of hydrogen-bond donors (Lipinski definition) is 1. The van der Waals surface area contributed by atoms with E-state index in [1.807, 2.05) is 13.8 Å². The van der Waals surface area contributed by atoms with Crippen LogP contribution in [0.15, 0.2) is 18.3 Å². The number of hydrogen-bond acceptors (Lipinski definition) is 5. The van der Waals surface area contributed by atoms with Gasteiger partial charge in [0.2, 0.25) is 5.88 Å². The Morgan fingerprint density at radius 2 is 2.33 bits per heavy atom. The van der Waals surface area contributed by atoms with E-state index in [-0.39, 0.29) is 19.9 Å².